The van der Waals surface area contributed by atoms with Crippen molar-refractivity contribution in [3.8, 4) is 0 Å². The molecule has 2 aromatic heterocycles. The monoisotopic (exact) mass is 258 g/mol. The van der Waals surface area contributed by atoms with E-state index in [4.69, 9.17) is 0 Å². The van der Waals surface area contributed by atoms with Crippen LogP contribution >= 0.6 is 0 Å². The van der Waals surface area contributed by atoms with Crippen LogP contribution in [0.25, 0.3) is 0 Å². The van der Waals surface area contributed by atoms with E-state index in [1.54, 1.807) is 0 Å². The molecule has 0 saturated heterocycles. The summed E-state index contributed by atoms with van der Waals surface area (Å²) in [7, 11) is 1.99. The minimum absolute atomic E-state index is 0.305. The van der Waals surface area contributed by atoms with E-state index in [-0.39, 0.29) is 0 Å². The zero-order valence-electron chi connectivity index (χ0n) is 11.9. The Bertz CT molecular complexity index is 518. The number of aryl methyl sites for hydroxylation is 3. The van der Waals surface area contributed by atoms with Crippen LogP contribution in [0, 0.1) is 6.92 Å². The van der Waals surface area contributed by atoms with Gasteiger partial charge in [-0.3, -0.25) is 9.67 Å². The van der Waals surface area contributed by atoms with Gasteiger partial charge in [-0.1, -0.05) is 13.0 Å². The van der Waals surface area contributed by atoms with Crippen LogP contribution < -0.4 is 5.32 Å². The molecule has 0 aliphatic carbocycles. The Labute approximate surface area is 114 Å². The van der Waals surface area contributed by atoms with E-state index in [0.29, 0.717) is 6.04 Å². The molecule has 2 heterocycles. The molecule has 4 nitrogen and oxygen atoms in total. The average Bonchev–Trinajstić information content (AvgIpc) is 2.80. The highest BCUT2D eigenvalue weighted by molar-refractivity contribution is 5.14. The second kappa shape index (κ2) is 6.48. The molecule has 2 rings (SSSR count). The van der Waals surface area contributed by atoms with E-state index in [0.717, 1.165) is 30.8 Å². The molecule has 2 aromatic rings. The van der Waals surface area contributed by atoms with Crippen molar-refractivity contribution in [2.24, 2.45) is 7.05 Å². The number of hydrogen-bond donors (Lipinski definition) is 1. The summed E-state index contributed by atoms with van der Waals surface area (Å²) in [6, 6.07) is 8.59. The Kier molecular flexibility index (Phi) is 4.68. The van der Waals surface area contributed by atoms with Crippen LogP contribution in [0.1, 0.15) is 36.5 Å². The summed E-state index contributed by atoms with van der Waals surface area (Å²) in [6.45, 7) is 5.12. The summed E-state index contributed by atoms with van der Waals surface area (Å²) in [4.78, 5) is 4.63. The standard InChI is InChI=1S/C15H22N4/c1-4-16-14(15-7-5-6-12(2)18-15)9-8-13-10-11-17-19(13)3/h5-7,10-11,14,16H,4,8-9H2,1-3H3. The lowest BCUT2D eigenvalue weighted by atomic mass is 10.1. The molecule has 1 N–H and O–H groups in total. The predicted molar refractivity (Wildman–Crippen MR) is 76.9 cm³/mol. The second-order valence-electron chi connectivity index (χ2n) is 4.80. The van der Waals surface area contributed by atoms with Crippen molar-refractivity contribution >= 4 is 0 Å². The first kappa shape index (κ1) is 13.7. The fourth-order valence-corrected chi connectivity index (χ4v) is 2.30. The number of nitrogens with zero attached hydrogens (tertiary/aromatic N) is 3. The summed E-state index contributed by atoms with van der Waals surface area (Å²) >= 11 is 0. The van der Waals surface area contributed by atoms with Crippen molar-refractivity contribution in [3.63, 3.8) is 0 Å². The Hall–Kier alpha value is -1.68. The molecule has 0 radical (unpaired) electrons. The smallest absolute Gasteiger partial charge is 0.0576 e. The molecule has 1 unspecified atom stereocenters. The van der Waals surface area contributed by atoms with Crippen LogP contribution in [-0.2, 0) is 13.5 Å². The quantitative estimate of drug-likeness (QED) is 0.865. The van der Waals surface area contributed by atoms with Crippen molar-refractivity contribution in [2.45, 2.75) is 32.7 Å². The summed E-state index contributed by atoms with van der Waals surface area (Å²) in [5.74, 6) is 0. The van der Waals surface area contributed by atoms with Crippen LogP contribution in [0.3, 0.4) is 0 Å². The zero-order chi connectivity index (χ0) is 13.7. The summed E-state index contributed by atoms with van der Waals surface area (Å²) in [5, 5.41) is 7.72. The third-order valence-electron chi connectivity index (χ3n) is 3.33. The van der Waals surface area contributed by atoms with Gasteiger partial charge in [0, 0.05) is 30.7 Å². The van der Waals surface area contributed by atoms with Crippen molar-refractivity contribution < 1.29 is 0 Å². The molecule has 0 bridgehead atoms. The third-order valence-corrected chi connectivity index (χ3v) is 3.33. The van der Waals surface area contributed by atoms with Crippen LogP contribution in [0.15, 0.2) is 30.5 Å². The lowest BCUT2D eigenvalue weighted by Crippen LogP contribution is -2.23. The molecule has 0 amide bonds. The molecular formula is C15H22N4. The van der Waals surface area contributed by atoms with Gasteiger partial charge in [-0.25, -0.2) is 0 Å². The van der Waals surface area contributed by atoms with Gasteiger partial charge >= 0.3 is 0 Å². The van der Waals surface area contributed by atoms with Crippen LogP contribution in [-0.4, -0.2) is 21.3 Å². The largest absolute Gasteiger partial charge is 0.309 e. The first-order valence-corrected chi connectivity index (χ1v) is 6.84. The highest BCUT2D eigenvalue weighted by atomic mass is 15.2. The van der Waals surface area contributed by atoms with Gasteiger partial charge < -0.3 is 5.32 Å². The molecule has 0 saturated carbocycles. The summed E-state index contributed by atoms with van der Waals surface area (Å²) in [6.07, 6.45) is 3.89. The molecule has 4 heteroatoms. The number of pyridine rings is 1. The maximum atomic E-state index is 4.63. The second-order valence-corrected chi connectivity index (χ2v) is 4.80. The predicted octanol–water partition coefficient (Wildman–Crippen LogP) is 2.41. The van der Waals surface area contributed by atoms with Crippen molar-refractivity contribution in [3.05, 3.63) is 47.5 Å². The van der Waals surface area contributed by atoms with Gasteiger partial charge in [-0.2, -0.15) is 5.10 Å². The average molecular weight is 258 g/mol. The topological polar surface area (TPSA) is 42.7 Å². The van der Waals surface area contributed by atoms with E-state index in [1.165, 1.54) is 5.69 Å². The first-order chi connectivity index (χ1) is 9.20. The highest BCUT2D eigenvalue weighted by Gasteiger charge is 2.12. The van der Waals surface area contributed by atoms with E-state index < -0.39 is 0 Å². The fourth-order valence-electron chi connectivity index (χ4n) is 2.30. The van der Waals surface area contributed by atoms with Gasteiger partial charge in [0.2, 0.25) is 0 Å². The molecule has 0 spiro atoms. The van der Waals surface area contributed by atoms with Crippen LogP contribution in [0.4, 0.5) is 0 Å². The number of rotatable bonds is 6. The molecule has 0 aliphatic rings. The molecule has 1 atom stereocenters. The Morgan fingerprint density at radius 2 is 2.16 bits per heavy atom. The van der Waals surface area contributed by atoms with Crippen molar-refractivity contribution in [2.75, 3.05) is 6.54 Å². The zero-order valence-corrected chi connectivity index (χ0v) is 11.9. The Morgan fingerprint density at radius 1 is 1.32 bits per heavy atom. The first-order valence-electron chi connectivity index (χ1n) is 6.84. The Balaban J connectivity index is 2.06. The van der Waals surface area contributed by atoms with E-state index in [1.807, 2.05) is 30.9 Å². The van der Waals surface area contributed by atoms with Gasteiger partial charge in [0.15, 0.2) is 0 Å². The highest BCUT2D eigenvalue weighted by Crippen LogP contribution is 2.17. The van der Waals surface area contributed by atoms with Gasteiger partial charge in [0.1, 0.15) is 0 Å². The number of nitrogens with one attached hydrogen (secondary N) is 1. The minimum atomic E-state index is 0.305. The summed E-state index contributed by atoms with van der Waals surface area (Å²) in [5.41, 5.74) is 3.46. The molecule has 0 aliphatic heterocycles. The van der Waals surface area contributed by atoms with E-state index in [9.17, 15) is 0 Å². The normalized spacial score (nSPS) is 12.6. The molecule has 0 fully saturated rings. The minimum Gasteiger partial charge on any atom is -0.309 e. The molecule has 0 aromatic carbocycles. The van der Waals surface area contributed by atoms with Crippen molar-refractivity contribution in [1.29, 1.82) is 0 Å². The molecule has 102 valence electrons. The number of hydrogen-bond acceptors (Lipinski definition) is 3. The van der Waals surface area contributed by atoms with Gasteiger partial charge in [0.05, 0.1) is 5.69 Å². The molecular weight excluding hydrogens is 236 g/mol. The lowest BCUT2D eigenvalue weighted by molar-refractivity contribution is 0.494. The van der Waals surface area contributed by atoms with E-state index >= 15 is 0 Å². The van der Waals surface area contributed by atoms with E-state index in [2.05, 4.69) is 40.5 Å². The Morgan fingerprint density at radius 3 is 2.79 bits per heavy atom. The fraction of sp³-hybridized carbons (Fsp3) is 0.467. The lowest BCUT2D eigenvalue weighted by Gasteiger charge is -2.17. The van der Waals surface area contributed by atoms with Gasteiger partial charge in [0.25, 0.3) is 0 Å². The number of aromatic nitrogens is 3. The SMILES string of the molecule is CCNC(CCc1ccnn1C)c1cccc(C)n1. The van der Waals surface area contributed by atoms with Crippen LogP contribution in [0.5, 0.6) is 0 Å². The van der Waals surface area contributed by atoms with Gasteiger partial charge in [-0.15, -0.1) is 0 Å². The van der Waals surface area contributed by atoms with Gasteiger partial charge in [-0.05, 0) is 44.5 Å². The van der Waals surface area contributed by atoms with Crippen molar-refractivity contribution in [1.82, 2.24) is 20.1 Å². The maximum Gasteiger partial charge on any atom is 0.0576 e. The molecule has 19 heavy (non-hydrogen) atoms. The summed E-state index contributed by atoms with van der Waals surface area (Å²) < 4.78 is 1.94. The maximum absolute atomic E-state index is 4.63. The van der Waals surface area contributed by atoms with Crippen LogP contribution in [0.2, 0.25) is 0 Å². The third kappa shape index (κ3) is 3.64.